The largest absolute Gasteiger partial charge is 0.349 e. The standard InChI is InChI=1S/C19H23N3O2/c1-13(2)17(19(24)21-12-16-9-4-5-10-20-16)22-18(23)15-8-6-7-14(3)11-15/h4-11,13,17H,12H2,1-3H3,(H,21,24)(H,22,23)/t17-/m1/s1. The molecule has 1 atom stereocenters. The van der Waals surface area contributed by atoms with Crippen LogP contribution in [0.1, 0.15) is 35.5 Å². The molecule has 2 N–H and O–H groups in total. The van der Waals surface area contributed by atoms with E-state index in [0.717, 1.165) is 11.3 Å². The molecule has 5 heteroatoms. The highest BCUT2D eigenvalue weighted by molar-refractivity contribution is 5.97. The molecule has 5 nitrogen and oxygen atoms in total. The Labute approximate surface area is 142 Å². The lowest BCUT2D eigenvalue weighted by molar-refractivity contribution is -0.124. The zero-order valence-electron chi connectivity index (χ0n) is 14.2. The van der Waals surface area contributed by atoms with Crippen molar-refractivity contribution in [3.05, 3.63) is 65.5 Å². The highest BCUT2D eigenvalue weighted by atomic mass is 16.2. The number of hydrogen-bond donors (Lipinski definition) is 2. The van der Waals surface area contributed by atoms with E-state index in [1.807, 2.05) is 51.1 Å². The minimum atomic E-state index is -0.596. The molecule has 0 fully saturated rings. The highest BCUT2D eigenvalue weighted by Crippen LogP contribution is 2.07. The predicted octanol–water partition coefficient (Wildman–Crippen LogP) is 2.46. The quantitative estimate of drug-likeness (QED) is 0.857. The van der Waals surface area contributed by atoms with E-state index >= 15 is 0 Å². The van der Waals surface area contributed by atoms with Gasteiger partial charge in [0.1, 0.15) is 6.04 Å². The Morgan fingerprint density at radius 2 is 1.92 bits per heavy atom. The molecule has 0 radical (unpaired) electrons. The van der Waals surface area contributed by atoms with Crippen LogP contribution in [-0.4, -0.2) is 22.8 Å². The maximum absolute atomic E-state index is 12.4. The van der Waals surface area contributed by atoms with Crippen LogP contribution in [0.3, 0.4) is 0 Å². The highest BCUT2D eigenvalue weighted by Gasteiger charge is 2.24. The normalized spacial score (nSPS) is 11.8. The molecule has 0 aliphatic carbocycles. The van der Waals surface area contributed by atoms with Gasteiger partial charge in [-0.3, -0.25) is 14.6 Å². The first-order valence-electron chi connectivity index (χ1n) is 8.02. The molecule has 126 valence electrons. The summed E-state index contributed by atoms with van der Waals surface area (Å²) in [5, 5.41) is 5.66. The van der Waals surface area contributed by atoms with Crippen LogP contribution in [0.5, 0.6) is 0 Å². The van der Waals surface area contributed by atoms with Gasteiger partial charge in [-0.15, -0.1) is 0 Å². The molecule has 0 aliphatic heterocycles. The Morgan fingerprint density at radius 1 is 1.12 bits per heavy atom. The van der Waals surface area contributed by atoms with E-state index in [0.29, 0.717) is 12.1 Å². The summed E-state index contributed by atoms with van der Waals surface area (Å²) >= 11 is 0. The van der Waals surface area contributed by atoms with Crippen molar-refractivity contribution in [2.45, 2.75) is 33.4 Å². The molecule has 2 aromatic rings. The van der Waals surface area contributed by atoms with Crippen molar-refractivity contribution in [3.8, 4) is 0 Å². The summed E-state index contributed by atoms with van der Waals surface area (Å²) in [4.78, 5) is 29.0. The summed E-state index contributed by atoms with van der Waals surface area (Å²) in [5.41, 5.74) is 2.33. The summed E-state index contributed by atoms with van der Waals surface area (Å²) in [7, 11) is 0. The molecule has 1 heterocycles. The van der Waals surface area contributed by atoms with E-state index in [1.54, 1.807) is 18.3 Å². The van der Waals surface area contributed by atoms with Crippen molar-refractivity contribution >= 4 is 11.8 Å². The fourth-order valence-electron chi connectivity index (χ4n) is 2.34. The van der Waals surface area contributed by atoms with Crippen LogP contribution in [-0.2, 0) is 11.3 Å². The molecule has 1 aromatic heterocycles. The summed E-state index contributed by atoms with van der Waals surface area (Å²) < 4.78 is 0. The number of carbonyl (C=O) groups excluding carboxylic acids is 2. The molecule has 2 amide bonds. The third-order valence-corrected chi connectivity index (χ3v) is 3.69. The summed E-state index contributed by atoms with van der Waals surface area (Å²) in [6.07, 6.45) is 1.68. The first-order chi connectivity index (χ1) is 11.5. The van der Waals surface area contributed by atoms with Gasteiger partial charge in [0.05, 0.1) is 12.2 Å². The van der Waals surface area contributed by atoms with Crippen LogP contribution < -0.4 is 10.6 Å². The Morgan fingerprint density at radius 3 is 2.54 bits per heavy atom. The number of nitrogens with zero attached hydrogens (tertiary/aromatic N) is 1. The van der Waals surface area contributed by atoms with Gasteiger partial charge in [0.15, 0.2) is 0 Å². The number of pyridine rings is 1. The van der Waals surface area contributed by atoms with Gasteiger partial charge in [-0.25, -0.2) is 0 Å². The topological polar surface area (TPSA) is 71.1 Å². The Kier molecular flexibility index (Phi) is 6.07. The first kappa shape index (κ1) is 17.7. The third kappa shape index (κ3) is 4.91. The molecular formula is C19H23N3O2. The number of carbonyl (C=O) groups is 2. The van der Waals surface area contributed by atoms with Crippen LogP contribution in [0.15, 0.2) is 48.7 Å². The lowest BCUT2D eigenvalue weighted by atomic mass is 10.0. The number of amides is 2. The second kappa shape index (κ2) is 8.24. The van der Waals surface area contributed by atoms with Gasteiger partial charge in [0.25, 0.3) is 5.91 Å². The predicted molar refractivity (Wildman–Crippen MR) is 93.4 cm³/mol. The Bertz CT molecular complexity index is 699. The number of aromatic nitrogens is 1. The van der Waals surface area contributed by atoms with Crippen molar-refractivity contribution in [3.63, 3.8) is 0 Å². The van der Waals surface area contributed by atoms with Gasteiger partial charge in [0, 0.05) is 11.8 Å². The number of aryl methyl sites for hydroxylation is 1. The maximum atomic E-state index is 12.4. The van der Waals surface area contributed by atoms with Gasteiger partial charge in [0.2, 0.25) is 5.91 Å². The van der Waals surface area contributed by atoms with Crippen LogP contribution in [0, 0.1) is 12.8 Å². The smallest absolute Gasteiger partial charge is 0.251 e. The van der Waals surface area contributed by atoms with E-state index < -0.39 is 6.04 Å². The van der Waals surface area contributed by atoms with E-state index in [9.17, 15) is 9.59 Å². The van der Waals surface area contributed by atoms with Crippen molar-refractivity contribution in [1.82, 2.24) is 15.6 Å². The molecular weight excluding hydrogens is 302 g/mol. The number of benzene rings is 1. The minimum Gasteiger partial charge on any atom is -0.349 e. The molecule has 0 unspecified atom stereocenters. The van der Waals surface area contributed by atoms with E-state index in [4.69, 9.17) is 0 Å². The lowest BCUT2D eigenvalue weighted by Gasteiger charge is -2.21. The SMILES string of the molecule is Cc1cccc(C(=O)N[C@@H](C(=O)NCc2ccccn2)C(C)C)c1. The molecule has 0 bridgehead atoms. The van der Waals surface area contributed by atoms with Crippen LogP contribution in [0.4, 0.5) is 0 Å². The second-order valence-corrected chi connectivity index (χ2v) is 6.10. The minimum absolute atomic E-state index is 0.0255. The summed E-state index contributed by atoms with van der Waals surface area (Å²) in [6, 6.07) is 12.2. The van der Waals surface area contributed by atoms with Gasteiger partial charge in [-0.05, 0) is 37.1 Å². The summed E-state index contributed by atoms with van der Waals surface area (Å²) in [5.74, 6) is -0.482. The fraction of sp³-hybridized carbons (Fsp3) is 0.316. The average molecular weight is 325 g/mol. The van der Waals surface area contributed by atoms with E-state index in [2.05, 4.69) is 15.6 Å². The molecule has 0 saturated carbocycles. The molecule has 0 saturated heterocycles. The Hall–Kier alpha value is -2.69. The zero-order valence-corrected chi connectivity index (χ0v) is 14.2. The van der Waals surface area contributed by atoms with Crippen molar-refractivity contribution < 1.29 is 9.59 Å². The number of hydrogen-bond acceptors (Lipinski definition) is 3. The van der Waals surface area contributed by atoms with E-state index in [1.165, 1.54) is 0 Å². The Balaban J connectivity index is 2.00. The second-order valence-electron chi connectivity index (χ2n) is 6.10. The monoisotopic (exact) mass is 325 g/mol. The molecule has 24 heavy (non-hydrogen) atoms. The van der Waals surface area contributed by atoms with Crippen molar-refractivity contribution in [1.29, 1.82) is 0 Å². The van der Waals surface area contributed by atoms with Gasteiger partial charge in [-0.1, -0.05) is 37.6 Å². The zero-order chi connectivity index (χ0) is 17.5. The van der Waals surface area contributed by atoms with Crippen molar-refractivity contribution in [2.24, 2.45) is 5.92 Å². The van der Waals surface area contributed by atoms with Crippen molar-refractivity contribution in [2.75, 3.05) is 0 Å². The number of nitrogens with one attached hydrogen (secondary N) is 2. The molecule has 0 spiro atoms. The van der Waals surface area contributed by atoms with Gasteiger partial charge >= 0.3 is 0 Å². The maximum Gasteiger partial charge on any atom is 0.251 e. The fourth-order valence-corrected chi connectivity index (χ4v) is 2.34. The summed E-state index contributed by atoms with van der Waals surface area (Å²) in [6.45, 7) is 6.07. The molecule has 1 aromatic carbocycles. The third-order valence-electron chi connectivity index (χ3n) is 3.69. The van der Waals surface area contributed by atoms with Crippen LogP contribution in [0.2, 0.25) is 0 Å². The van der Waals surface area contributed by atoms with Crippen LogP contribution >= 0.6 is 0 Å². The van der Waals surface area contributed by atoms with Crippen LogP contribution in [0.25, 0.3) is 0 Å². The van der Waals surface area contributed by atoms with Gasteiger partial charge in [-0.2, -0.15) is 0 Å². The van der Waals surface area contributed by atoms with Gasteiger partial charge < -0.3 is 10.6 Å². The average Bonchev–Trinajstić information content (AvgIpc) is 2.58. The van der Waals surface area contributed by atoms with E-state index in [-0.39, 0.29) is 17.7 Å². The first-order valence-corrected chi connectivity index (χ1v) is 8.02. The lowest BCUT2D eigenvalue weighted by Crippen LogP contribution is -2.49. The molecule has 0 aliphatic rings. The number of rotatable bonds is 6. The molecule has 2 rings (SSSR count).